The standard InChI is InChI=1S/C17H21Cl2N3O3/c1-2-3-4-5-13(10-22(24)11-23)17-21-20-16(25-17)9-12-6-7-14(18)15(19)8-12/h6-8,11,13,24H,2-5,9-10H2,1H3/t13-/m1/s1. The topological polar surface area (TPSA) is 79.5 Å². The zero-order chi connectivity index (χ0) is 18.2. The average Bonchev–Trinajstić information content (AvgIpc) is 3.05. The molecule has 2 rings (SSSR count). The Morgan fingerprint density at radius 3 is 2.76 bits per heavy atom. The van der Waals surface area contributed by atoms with E-state index in [2.05, 4.69) is 17.1 Å². The monoisotopic (exact) mass is 385 g/mol. The van der Waals surface area contributed by atoms with Gasteiger partial charge in [-0.2, -0.15) is 0 Å². The number of unbranched alkanes of at least 4 members (excludes halogenated alkanes) is 2. The van der Waals surface area contributed by atoms with Gasteiger partial charge in [0.05, 0.1) is 28.9 Å². The maximum Gasteiger partial charge on any atom is 0.233 e. The van der Waals surface area contributed by atoms with Crippen LogP contribution in [0.1, 0.15) is 55.9 Å². The highest BCUT2D eigenvalue weighted by atomic mass is 35.5. The zero-order valence-electron chi connectivity index (χ0n) is 14.0. The largest absolute Gasteiger partial charge is 0.425 e. The minimum Gasteiger partial charge on any atom is -0.425 e. The number of carbonyl (C=O) groups excluding carboxylic acids is 1. The number of hydroxylamine groups is 2. The van der Waals surface area contributed by atoms with Gasteiger partial charge in [-0.05, 0) is 24.1 Å². The van der Waals surface area contributed by atoms with Gasteiger partial charge in [0, 0.05) is 0 Å². The lowest BCUT2D eigenvalue weighted by molar-refractivity contribution is -0.151. The van der Waals surface area contributed by atoms with E-state index in [1.165, 1.54) is 0 Å². The van der Waals surface area contributed by atoms with Crippen molar-refractivity contribution in [3.63, 3.8) is 0 Å². The molecule has 1 amide bonds. The van der Waals surface area contributed by atoms with Crippen molar-refractivity contribution in [2.24, 2.45) is 0 Å². The predicted octanol–water partition coefficient (Wildman–Crippen LogP) is 4.48. The van der Waals surface area contributed by atoms with Gasteiger partial charge in [0.15, 0.2) is 0 Å². The summed E-state index contributed by atoms with van der Waals surface area (Å²) in [5.74, 6) is 0.674. The van der Waals surface area contributed by atoms with E-state index >= 15 is 0 Å². The molecular weight excluding hydrogens is 365 g/mol. The van der Waals surface area contributed by atoms with Crippen LogP contribution in [-0.4, -0.2) is 33.4 Å². The molecular formula is C17H21Cl2N3O3. The van der Waals surface area contributed by atoms with Crippen molar-refractivity contribution in [2.45, 2.75) is 44.9 Å². The van der Waals surface area contributed by atoms with Crippen molar-refractivity contribution in [2.75, 3.05) is 6.54 Å². The molecule has 136 valence electrons. The van der Waals surface area contributed by atoms with Crippen LogP contribution >= 0.6 is 23.2 Å². The molecule has 0 spiro atoms. The molecule has 1 atom stereocenters. The first-order valence-electron chi connectivity index (χ1n) is 8.20. The molecule has 1 aromatic carbocycles. The number of carbonyl (C=O) groups is 1. The maximum absolute atomic E-state index is 10.7. The Morgan fingerprint density at radius 1 is 1.28 bits per heavy atom. The van der Waals surface area contributed by atoms with Crippen LogP contribution in [0.4, 0.5) is 0 Å². The SMILES string of the molecule is CCCCC[C@H](CN(O)C=O)c1nnc(Cc2ccc(Cl)c(Cl)c2)o1. The van der Waals surface area contributed by atoms with Crippen molar-refractivity contribution >= 4 is 29.6 Å². The van der Waals surface area contributed by atoms with Gasteiger partial charge in [-0.1, -0.05) is 55.5 Å². The Kier molecular flexibility index (Phi) is 7.68. The third kappa shape index (κ3) is 5.99. The van der Waals surface area contributed by atoms with Crippen molar-refractivity contribution < 1.29 is 14.4 Å². The Hall–Kier alpha value is -1.63. The van der Waals surface area contributed by atoms with Crippen LogP contribution in [0.3, 0.4) is 0 Å². The van der Waals surface area contributed by atoms with Gasteiger partial charge in [0.2, 0.25) is 18.2 Å². The van der Waals surface area contributed by atoms with E-state index in [9.17, 15) is 10.0 Å². The van der Waals surface area contributed by atoms with Gasteiger partial charge < -0.3 is 4.42 Å². The summed E-state index contributed by atoms with van der Waals surface area (Å²) < 4.78 is 5.74. The number of hydrogen-bond donors (Lipinski definition) is 1. The Morgan fingerprint density at radius 2 is 2.08 bits per heavy atom. The van der Waals surface area contributed by atoms with Gasteiger partial charge >= 0.3 is 0 Å². The third-order valence-corrected chi connectivity index (χ3v) is 4.60. The molecule has 0 radical (unpaired) electrons. The van der Waals surface area contributed by atoms with Crippen molar-refractivity contribution in [1.82, 2.24) is 15.3 Å². The van der Waals surface area contributed by atoms with E-state index in [1.54, 1.807) is 12.1 Å². The van der Waals surface area contributed by atoms with Gasteiger partial charge in [-0.3, -0.25) is 10.0 Å². The lowest BCUT2D eigenvalue weighted by Gasteiger charge is -2.16. The molecule has 0 bridgehead atoms. The fraction of sp³-hybridized carbons (Fsp3) is 0.471. The fourth-order valence-electron chi connectivity index (χ4n) is 2.53. The molecule has 1 heterocycles. The van der Waals surface area contributed by atoms with Gasteiger partial charge in [0.25, 0.3) is 0 Å². The molecule has 0 saturated heterocycles. The summed E-state index contributed by atoms with van der Waals surface area (Å²) in [6, 6.07) is 5.32. The summed E-state index contributed by atoms with van der Waals surface area (Å²) in [6.07, 6.45) is 4.66. The van der Waals surface area contributed by atoms with E-state index in [0.29, 0.717) is 39.7 Å². The summed E-state index contributed by atoms with van der Waals surface area (Å²) >= 11 is 11.9. The second-order valence-corrected chi connectivity index (χ2v) is 6.69. The zero-order valence-corrected chi connectivity index (χ0v) is 15.5. The minimum atomic E-state index is -0.197. The first kappa shape index (κ1) is 19.7. The first-order chi connectivity index (χ1) is 12.0. The van der Waals surface area contributed by atoms with Crippen LogP contribution in [0.2, 0.25) is 10.0 Å². The summed E-state index contributed by atoms with van der Waals surface area (Å²) in [7, 11) is 0. The molecule has 0 aliphatic heterocycles. The van der Waals surface area contributed by atoms with Gasteiger partial charge in [-0.15, -0.1) is 10.2 Å². The molecule has 1 aromatic heterocycles. The van der Waals surface area contributed by atoms with Crippen LogP contribution in [0.5, 0.6) is 0 Å². The van der Waals surface area contributed by atoms with Crippen molar-refractivity contribution in [3.05, 3.63) is 45.6 Å². The number of aromatic nitrogens is 2. The number of rotatable bonds is 10. The molecule has 0 fully saturated rings. The van der Waals surface area contributed by atoms with Crippen LogP contribution in [0.25, 0.3) is 0 Å². The number of nitrogens with zero attached hydrogens (tertiary/aromatic N) is 3. The molecule has 2 aromatic rings. The summed E-state index contributed by atoms with van der Waals surface area (Å²) in [5.41, 5.74) is 0.906. The maximum atomic E-state index is 10.7. The van der Waals surface area contributed by atoms with Gasteiger partial charge in [0.1, 0.15) is 0 Å². The normalized spacial score (nSPS) is 12.2. The van der Waals surface area contributed by atoms with E-state index in [-0.39, 0.29) is 12.5 Å². The number of hydrogen-bond acceptors (Lipinski definition) is 5. The van der Waals surface area contributed by atoms with Crippen LogP contribution in [-0.2, 0) is 11.2 Å². The fourth-order valence-corrected chi connectivity index (χ4v) is 2.85. The average molecular weight is 386 g/mol. The summed E-state index contributed by atoms with van der Waals surface area (Å²) in [5, 5.41) is 19.2. The van der Waals surface area contributed by atoms with Gasteiger partial charge in [-0.25, -0.2) is 5.06 Å². The molecule has 0 aliphatic carbocycles. The quantitative estimate of drug-likeness (QED) is 0.282. The van der Waals surface area contributed by atoms with E-state index < -0.39 is 0 Å². The molecule has 0 unspecified atom stereocenters. The summed E-state index contributed by atoms with van der Waals surface area (Å²) in [6.45, 7) is 2.24. The predicted molar refractivity (Wildman–Crippen MR) is 95.0 cm³/mol. The second kappa shape index (κ2) is 9.75. The summed E-state index contributed by atoms with van der Waals surface area (Å²) in [4.78, 5) is 10.7. The van der Waals surface area contributed by atoms with Crippen LogP contribution < -0.4 is 0 Å². The van der Waals surface area contributed by atoms with Crippen molar-refractivity contribution in [3.8, 4) is 0 Å². The highest BCUT2D eigenvalue weighted by Crippen LogP contribution is 2.25. The molecule has 0 saturated carbocycles. The number of amides is 1. The smallest absolute Gasteiger partial charge is 0.233 e. The molecule has 0 aliphatic rings. The lowest BCUT2D eigenvalue weighted by Crippen LogP contribution is -2.24. The molecule has 1 N–H and O–H groups in total. The first-order valence-corrected chi connectivity index (χ1v) is 8.96. The Labute approximate surface area is 156 Å². The molecule has 6 nitrogen and oxygen atoms in total. The highest BCUT2D eigenvalue weighted by molar-refractivity contribution is 6.42. The highest BCUT2D eigenvalue weighted by Gasteiger charge is 2.21. The lowest BCUT2D eigenvalue weighted by atomic mass is 10.0. The van der Waals surface area contributed by atoms with Crippen LogP contribution in [0, 0.1) is 0 Å². The van der Waals surface area contributed by atoms with E-state index in [4.69, 9.17) is 27.6 Å². The number of halogens is 2. The Balaban J connectivity index is 2.08. The van der Waals surface area contributed by atoms with Crippen molar-refractivity contribution in [1.29, 1.82) is 0 Å². The number of benzene rings is 1. The molecule has 25 heavy (non-hydrogen) atoms. The van der Waals surface area contributed by atoms with E-state index in [1.807, 2.05) is 6.07 Å². The van der Waals surface area contributed by atoms with E-state index in [0.717, 1.165) is 31.2 Å². The van der Waals surface area contributed by atoms with Crippen LogP contribution in [0.15, 0.2) is 22.6 Å². The second-order valence-electron chi connectivity index (χ2n) is 5.88. The minimum absolute atomic E-state index is 0.127. The Bertz CT molecular complexity index is 694. The molecule has 8 heteroatoms. The third-order valence-electron chi connectivity index (χ3n) is 3.86.